The van der Waals surface area contributed by atoms with Gasteiger partial charge in [0.15, 0.2) is 0 Å². The third-order valence-corrected chi connectivity index (χ3v) is 3.01. The molecule has 0 aliphatic rings. The molecule has 0 saturated carbocycles. The summed E-state index contributed by atoms with van der Waals surface area (Å²) >= 11 is 0. The lowest BCUT2D eigenvalue weighted by Crippen LogP contribution is -2.49. The van der Waals surface area contributed by atoms with Gasteiger partial charge < -0.3 is 15.4 Å². The number of carbonyl (C=O) groups is 1. The molecule has 0 bridgehead atoms. The normalized spacial score (nSPS) is 14.0. The van der Waals surface area contributed by atoms with Crippen LogP contribution in [0.15, 0.2) is 30.3 Å². The fourth-order valence-electron chi connectivity index (χ4n) is 1.85. The van der Waals surface area contributed by atoms with E-state index in [0.29, 0.717) is 13.2 Å². The number of carbonyl (C=O) groups excluding carboxylic acids is 1. The topological polar surface area (TPSA) is 55.6 Å². The van der Waals surface area contributed by atoms with Gasteiger partial charge in [0.05, 0.1) is 0 Å². The van der Waals surface area contributed by atoms with E-state index >= 15 is 0 Å². The molecule has 4 heteroatoms. The molecule has 2 N–H and O–H groups in total. The molecule has 1 amide bonds. The number of hydrogen-bond donors (Lipinski definition) is 1. The summed E-state index contributed by atoms with van der Waals surface area (Å²) in [5.74, 6) is -0.0789. The van der Waals surface area contributed by atoms with Crippen molar-refractivity contribution in [3.63, 3.8) is 0 Å². The molecule has 1 rings (SSSR count). The number of likely N-dealkylation sites (N-methyl/N-ethyl adjacent to an activating group) is 1. The third kappa shape index (κ3) is 3.55. The van der Waals surface area contributed by atoms with E-state index in [4.69, 9.17) is 10.5 Å². The summed E-state index contributed by atoms with van der Waals surface area (Å²) < 4.78 is 4.97. The molecule has 0 saturated heterocycles. The number of amides is 1. The highest BCUT2D eigenvalue weighted by Crippen LogP contribution is 2.19. The van der Waals surface area contributed by atoms with E-state index in [0.717, 1.165) is 12.0 Å². The number of rotatable bonds is 6. The van der Waals surface area contributed by atoms with Gasteiger partial charge in [-0.25, -0.2) is 0 Å². The van der Waals surface area contributed by atoms with Gasteiger partial charge in [-0.15, -0.1) is 0 Å². The van der Waals surface area contributed by atoms with Crippen molar-refractivity contribution < 1.29 is 9.53 Å². The molecule has 1 atom stereocenters. The number of nitrogens with zero attached hydrogens (tertiary/aromatic N) is 1. The molecule has 0 fully saturated rings. The summed E-state index contributed by atoms with van der Waals surface area (Å²) in [6.45, 7) is 3.04. The number of benzene rings is 1. The van der Waals surface area contributed by atoms with Gasteiger partial charge >= 0.3 is 0 Å². The summed E-state index contributed by atoms with van der Waals surface area (Å²) in [6, 6.07) is 9.44. The average Bonchev–Trinajstić information content (AvgIpc) is 2.39. The summed E-state index contributed by atoms with van der Waals surface area (Å²) in [5.41, 5.74) is 6.01. The van der Waals surface area contributed by atoms with Crippen LogP contribution in [0.25, 0.3) is 0 Å². The zero-order valence-electron chi connectivity index (χ0n) is 11.3. The highest BCUT2D eigenvalue weighted by Gasteiger charge is 2.32. The molecule has 4 nitrogen and oxygen atoms in total. The van der Waals surface area contributed by atoms with Gasteiger partial charge in [0, 0.05) is 27.3 Å². The van der Waals surface area contributed by atoms with E-state index in [-0.39, 0.29) is 5.91 Å². The van der Waals surface area contributed by atoms with Crippen molar-refractivity contribution in [2.24, 2.45) is 5.73 Å². The first-order valence-corrected chi connectivity index (χ1v) is 6.09. The number of methoxy groups -OCH3 is 1. The Balaban J connectivity index is 2.70. The molecule has 0 heterocycles. The molecule has 18 heavy (non-hydrogen) atoms. The van der Waals surface area contributed by atoms with E-state index < -0.39 is 5.54 Å². The lowest BCUT2D eigenvalue weighted by Gasteiger charge is -2.29. The maximum atomic E-state index is 12.3. The molecule has 1 aromatic carbocycles. The molecule has 0 aliphatic carbocycles. The Labute approximate surface area is 109 Å². The van der Waals surface area contributed by atoms with Crippen molar-refractivity contribution in [2.45, 2.75) is 18.9 Å². The molecule has 0 aliphatic heterocycles. The summed E-state index contributed by atoms with van der Waals surface area (Å²) in [7, 11) is 3.42. The van der Waals surface area contributed by atoms with Gasteiger partial charge in [0.2, 0.25) is 5.91 Å². The van der Waals surface area contributed by atoms with Crippen molar-refractivity contribution in [1.82, 2.24) is 4.90 Å². The highest BCUT2D eigenvalue weighted by molar-refractivity contribution is 5.86. The summed E-state index contributed by atoms with van der Waals surface area (Å²) in [4.78, 5) is 14.0. The second kappa shape index (κ2) is 6.52. The lowest BCUT2D eigenvalue weighted by molar-refractivity contribution is -0.135. The molecule has 1 unspecified atom stereocenters. The SMILES string of the molecule is COCCCN(C)C(=O)C(C)(N)c1ccccc1. The Morgan fingerprint density at radius 3 is 2.56 bits per heavy atom. The van der Waals surface area contributed by atoms with Crippen molar-refractivity contribution in [3.05, 3.63) is 35.9 Å². The number of hydrogen-bond acceptors (Lipinski definition) is 3. The van der Waals surface area contributed by atoms with E-state index in [9.17, 15) is 4.79 Å². The smallest absolute Gasteiger partial charge is 0.246 e. The Morgan fingerprint density at radius 1 is 1.39 bits per heavy atom. The summed E-state index contributed by atoms with van der Waals surface area (Å²) in [5, 5.41) is 0. The minimum absolute atomic E-state index is 0.0789. The first-order chi connectivity index (χ1) is 8.50. The standard InChI is InChI=1S/C14H22N2O2/c1-14(15,12-8-5-4-6-9-12)13(17)16(2)10-7-11-18-3/h4-6,8-9H,7,10-11,15H2,1-3H3. The second-order valence-electron chi connectivity index (χ2n) is 4.64. The fraction of sp³-hybridized carbons (Fsp3) is 0.500. The monoisotopic (exact) mass is 250 g/mol. The van der Waals surface area contributed by atoms with E-state index in [1.165, 1.54) is 0 Å². The van der Waals surface area contributed by atoms with E-state index in [2.05, 4.69) is 0 Å². The number of nitrogens with two attached hydrogens (primary N) is 1. The minimum atomic E-state index is -0.983. The predicted octanol–water partition coefficient (Wildman–Crippen LogP) is 1.36. The Bertz CT molecular complexity index is 377. The largest absolute Gasteiger partial charge is 0.385 e. The molecular formula is C14H22N2O2. The summed E-state index contributed by atoms with van der Waals surface area (Å²) in [6.07, 6.45) is 0.809. The molecular weight excluding hydrogens is 228 g/mol. The fourth-order valence-corrected chi connectivity index (χ4v) is 1.85. The second-order valence-corrected chi connectivity index (χ2v) is 4.64. The quantitative estimate of drug-likeness (QED) is 0.775. The maximum Gasteiger partial charge on any atom is 0.246 e. The number of ether oxygens (including phenoxy) is 1. The van der Waals surface area contributed by atoms with Gasteiger partial charge in [0.25, 0.3) is 0 Å². The van der Waals surface area contributed by atoms with Gasteiger partial charge in [-0.1, -0.05) is 30.3 Å². The van der Waals surface area contributed by atoms with Crippen LogP contribution in [0.3, 0.4) is 0 Å². The molecule has 100 valence electrons. The van der Waals surface area contributed by atoms with Gasteiger partial charge in [-0.3, -0.25) is 4.79 Å². The van der Waals surface area contributed by atoms with Crippen LogP contribution in [0.2, 0.25) is 0 Å². The zero-order chi connectivity index (χ0) is 13.6. The third-order valence-electron chi connectivity index (χ3n) is 3.01. The maximum absolute atomic E-state index is 12.3. The Kier molecular flexibility index (Phi) is 5.31. The van der Waals surface area contributed by atoms with Crippen LogP contribution >= 0.6 is 0 Å². The first-order valence-electron chi connectivity index (χ1n) is 6.09. The van der Waals surface area contributed by atoms with Crippen LogP contribution in [-0.2, 0) is 15.1 Å². The molecule has 0 radical (unpaired) electrons. The first kappa shape index (κ1) is 14.7. The Morgan fingerprint density at radius 2 is 2.00 bits per heavy atom. The van der Waals surface area contributed by atoms with Crippen LogP contribution in [0, 0.1) is 0 Å². The van der Waals surface area contributed by atoms with Crippen LogP contribution < -0.4 is 5.73 Å². The van der Waals surface area contributed by atoms with Crippen LogP contribution in [0.4, 0.5) is 0 Å². The molecule has 0 spiro atoms. The molecule has 1 aromatic rings. The van der Waals surface area contributed by atoms with Crippen LogP contribution in [-0.4, -0.2) is 38.1 Å². The Hall–Kier alpha value is -1.39. The minimum Gasteiger partial charge on any atom is -0.385 e. The average molecular weight is 250 g/mol. The van der Waals surface area contributed by atoms with Gasteiger partial charge in [-0.05, 0) is 18.9 Å². The zero-order valence-corrected chi connectivity index (χ0v) is 11.3. The van der Waals surface area contributed by atoms with E-state index in [1.54, 1.807) is 26.0 Å². The van der Waals surface area contributed by atoms with Crippen molar-refractivity contribution in [3.8, 4) is 0 Å². The van der Waals surface area contributed by atoms with Crippen LogP contribution in [0.1, 0.15) is 18.9 Å². The van der Waals surface area contributed by atoms with Crippen molar-refractivity contribution >= 4 is 5.91 Å². The van der Waals surface area contributed by atoms with E-state index in [1.807, 2.05) is 30.3 Å². The molecule has 0 aromatic heterocycles. The predicted molar refractivity (Wildman–Crippen MR) is 72.1 cm³/mol. The highest BCUT2D eigenvalue weighted by atomic mass is 16.5. The van der Waals surface area contributed by atoms with Crippen LogP contribution in [0.5, 0.6) is 0 Å². The lowest BCUT2D eigenvalue weighted by atomic mass is 9.92. The van der Waals surface area contributed by atoms with Crippen molar-refractivity contribution in [2.75, 3.05) is 27.3 Å². The van der Waals surface area contributed by atoms with Gasteiger partial charge in [0.1, 0.15) is 5.54 Å². The van der Waals surface area contributed by atoms with Gasteiger partial charge in [-0.2, -0.15) is 0 Å². The van der Waals surface area contributed by atoms with Crippen molar-refractivity contribution in [1.29, 1.82) is 0 Å².